The lowest BCUT2D eigenvalue weighted by Crippen LogP contribution is -2.27. The second-order valence-electron chi connectivity index (χ2n) is 4.65. The highest BCUT2D eigenvalue weighted by Gasteiger charge is 2.20. The van der Waals surface area contributed by atoms with Gasteiger partial charge in [-0.3, -0.25) is 4.68 Å². The first kappa shape index (κ1) is 14.2. The molecule has 0 fully saturated rings. The van der Waals surface area contributed by atoms with Gasteiger partial charge in [-0.05, 0) is 18.9 Å². The van der Waals surface area contributed by atoms with Crippen molar-refractivity contribution in [3.63, 3.8) is 0 Å². The zero-order valence-corrected chi connectivity index (χ0v) is 11.7. The topological polar surface area (TPSA) is 29.9 Å². The van der Waals surface area contributed by atoms with E-state index < -0.39 is 0 Å². The van der Waals surface area contributed by atoms with E-state index in [-0.39, 0.29) is 0 Å². The SMILES string of the molecule is CCCn1cc(C(NCC)C(CC)CC)cn1. The second kappa shape index (κ2) is 7.49. The van der Waals surface area contributed by atoms with Crippen molar-refractivity contribution in [3.8, 4) is 0 Å². The predicted molar refractivity (Wildman–Crippen MR) is 73.0 cm³/mol. The lowest BCUT2D eigenvalue weighted by atomic mass is 9.90. The summed E-state index contributed by atoms with van der Waals surface area (Å²) in [5, 5.41) is 8.04. The highest BCUT2D eigenvalue weighted by atomic mass is 15.3. The van der Waals surface area contributed by atoms with E-state index in [1.54, 1.807) is 0 Å². The van der Waals surface area contributed by atoms with Crippen molar-refractivity contribution in [2.24, 2.45) is 5.92 Å². The Morgan fingerprint density at radius 3 is 2.47 bits per heavy atom. The van der Waals surface area contributed by atoms with Crippen LogP contribution in [0.3, 0.4) is 0 Å². The van der Waals surface area contributed by atoms with Gasteiger partial charge < -0.3 is 5.32 Å². The van der Waals surface area contributed by atoms with Gasteiger partial charge in [0.05, 0.1) is 6.20 Å². The molecule has 0 aliphatic rings. The Labute approximate surface area is 106 Å². The van der Waals surface area contributed by atoms with Gasteiger partial charge >= 0.3 is 0 Å². The zero-order valence-electron chi connectivity index (χ0n) is 11.7. The van der Waals surface area contributed by atoms with E-state index in [1.165, 1.54) is 18.4 Å². The fraction of sp³-hybridized carbons (Fsp3) is 0.786. The third kappa shape index (κ3) is 3.84. The van der Waals surface area contributed by atoms with Gasteiger partial charge in [-0.15, -0.1) is 0 Å². The monoisotopic (exact) mass is 237 g/mol. The maximum atomic E-state index is 4.44. The summed E-state index contributed by atoms with van der Waals surface area (Å²) in [6.45, 7) is 10.9. The molecule has 0 saturated carbocycles. The fourth-order valence-corrected chi connectivity index (χ4v) is 2.43. The molecule has 1 N–H and O–H groups in total. The number of nitrogens with zero attached hydrogens (tertiary/aromatic N) is 2. The van der Waals surface area contributed by atoms with Crippen LogP contribution in [0.1, 0.15) is 58.6 Å². The molecule has 1 unspecified atom stereocenters. The second-order valence-corrected chi connectivity index (χ2v) is 4.65. The fourth-order valence-electron chi connectivity index (χ4n) is 2.43. The lowest BCUT2D eigenvalue weighted by molar-refractivity contribution is 0.346. The number of nitrogens with one attached hydrogen (secondary N) is 1. The lowest BCUT2D eigenvalue weighted by Gasteiger charge is -2.25. The standard InChI is InChI=1S/C14H27N3/c1-5-9-17-11-13(10-16-17)14(15-8-4)12(6-2)7-3/h10-12,14-15H,5-9H2,1-4H3. The van der Waals surface area contributed by atoms with Crippen molar-refractivity contribution in [1.29, 1.82) is 0 Å². The van der Waals surface area contributed by atoms with Gasteiger partial charge in [0.25, 0.3) is 0 Å². The maximum Gasteiger partial charge on any atom is 0.0537 e. The summed E-state index contributed by atoms with van der Waals surface area (Å²) in [5.74, 6) is 0.703. The molecule has 0 saturated heterocycles. The normalized spacial score (nSPS) is 13.2. The van der Waals surface area contributed by atoms with Crippen LogP contribution in [0.5, 0.6) is 0 Å². The Balaban J connectivity index is 2.80. The zero-order chi connectivity index (χ0) is 12.7. The molecule has 1 rings (SSSR count). The first-order valence-corrected chi connectivity index (χ1v) is 7.02. The van der Waals surface area contributed by atoms with Crippen LogP contribution in [0.15, 0.2) is 12.4 Å². The van der Waals surface area contributed by atoms with Crippen molar-refractivity contribution >= 4 is 0 Å². The molecule has 0 aliphatic heterocycles. The Hall–Kier alpha value is -0.830. The van der Waals surface area contributed by atoms with E-state index >= 15 is 0 Å². The average Bonchev–Trinajstić information content (AvgIpc) is 2.78. The molecule has 0 bridgehead atoms. The predicted octanol–water partition coefficient (Wildman–Crippen LogP) is 3.38. The minimum Gasteiger partial charge on any atom is -0.310 e. The quantitative estimate of drug-likeness (QED) is 0.751. The van der Waals surface area contributed by atoms with Gasteiger partial charge in [0, 0.05) is 24.3 Å². The molecule has 0 radical (unpaired) electrons. The molecule has 0 amide bonds. The van der Waals surface area contributed by atoms with Gasteiger partial charge in [-0.25, -0.2) is 0 Å². The van der Waals surface area contributed by atoms with E-state index in [1.807, 2.05) is 6.20 Å². The van der Waals surface area contributed by atoms with E-state index in [4.69, 9.17) is 0 Å². The molecule has 17 heavy (non-hydrogen) atoms. The van der Waals surface area contributed by atoms with Crippen molar-refractivity contribution in [2.45, 2.75) is 59.5 Å². The molecule has 0 aliphatic carbocycles. The summed E-state index contributed by atoms with van der Waals surface area (Å²) in [5.41, 5.74) is 1.34. The van der Waals surface area contributed by atoms with E-state index in [9.17, 15) is 0 Å². The van der Waals surface area contributed by atoms with Gasteiger partial charge in [-0.2, -0.15) is 5.10 Å². The minimum absolute atomic E-state index is 0.459. The van der Waals surface area contributed by atoms with Gasteiger partial charge in [0.15, 0.2) is 0 Å². The van der Waals surface area contributed by atoms with Crippen LogP contribution in [0.2, 0.25) is 0 Å². The van der Waals surface area contributed by atoms with Crippen molar-refractivity contribution in [2.75, 3.05) is 6.54 Å². The van der Waals surface area contributed by atoms with Crippen LogP contribution in [-0.4, -0.2) is 16.3 Å². The Morgan fingerprint density at radius 2 is 1.94 bits per heavy atom. The first-order valence-electron chi connectivity index (χ1n) is 7.02. The molecule has 1 aromatic rings. The average molecular weight is 237 g/mol. The third-order valence-electron chi connectivity index (χ3n) is 3.41. The number of hydrogen-bond acceptors (Lipinski definition) is 2. The largest absolute Gasteiger partial charge is 0.310 e. The molecule has 0 aromatic carbocycles. The van der Waals surface area contributed by atoms with Gasteiger partial charge in [0.2, 0.25) is 0 Å². The van der Waals surface area contributed by atoms with Crippen LogP contribution in [0, 0.1) is 5.92 Å². The summed E-state index contributed by atoms with van der Waals surface area (Å²) >= 11 is 0. The number of hydrogen-bond donors (Lipinski definition) is 1. The molecule has 98 valence electrons. The number of rotatable bonds is 8. The highest BCUT2D eigenvalue weighted by molar-refractivity contribution is 5.11. The molecular weight excluding hydrogens is 210 g/mol. The Kier molecular flexibility index (Phi) is 6.27. The molecule has 1 atom stereocenters. The maximum absolute atomic E-state index is 4.44. The Morgan fingerprint density at radius 1 is 1.24 bits per heavy atom. The Bertz CT molecular complexity index is 302. The summed E-state index contributed by atoms with van der Waals surface area (Å²) in [6.07, 6.45) is 7.80. The highest BCUT2D eigenvalue weighted by Crippen LogP contribution is 2.26. The molecule has 1 heterocycles. The van der Waals surface area contributed by atoms with Crippen LogP contribution >= 0.6 is 0 Å². The summed E-state index contributed by atoms with van der Waals surface area (Å²) < 4.78 is 2.06. The van der Waals surface area contributed by atoms with E-state index in [0.717, 1.165) is 19.5 Å². The summed E-state index contributed by atoms with van der Waals surface area (Å²) in [6, 6.07) is 0.459. The third-order valence-corrected chi connectivity index (χ3v) is 3.41. The molecular formula is C14H27N3. The number of aryl methyl sites for hydroxylation is 1. The van der Waals surface area contributed by atoms with Crippen LogP contribution in [0.4, 0.5) is 0 Å². The molecule has 3 nitrogen and oxygen atoms in total. The van der Waals surface area contributed by atoms with Gasteiger partial charge in [-0.1, -0.05) is 40.5 Å². The first-order chi connectivity index (χ1) is 8.26. The van der Waals surface area contributed by atoms with Crippen LogP contribution < -0.4 is 5.32 Å². The van der Waals surface area contributed by atoms with E-state index in [0.29, 0.717) is 12.0 Å². The van der Waals surface area contributed by atoms with Gasteiger partial charge in [0.1, 0.15) is 0 Å². The van der Waals surface area contributed by atoms with Crippen LogP contribution in [-0.2, 0) is 6.54 Å². The summed E-state index contributed by atoms with van der Waals surface area (Å²) in [4.78, 5) is 0. The van der Waals surface area contributed by atoms with Crippen molar-refractivity contribution in [1.82, 2.24) is 15.1 Å². The summed E-state index contributed by atoms with van der Waals surface area (Å²) in [7, 11) is 0. The molecule has 0 spiro atoms. The van der Waals surface area contributed by atoms with Crippen molar-refractivity contribution in [3.05, 3.63) is 18.0 Å². The molecule has 3 heteroatoms. The molecule has 1 aromatic heterocycles. The van der Waals surface area contributed by atoms with Crippen molar-refractivity contribution < 1.29 is 0 Å². The smallest absolute Gasteiger partial charge is 0.0537 e. The van der Waals surface area contributed by atoms with E-state index in [2.05, 4.69) is 49.0 Å². The number of aromatic nitrogens is 2. The van der Waals surface area contributed by atoms with Crippen LogP contribution in [0.25, 0.3) is 0 Å². The minimum atomic E-state index is 0.459.